The van der Waals surface area contributed by atoms with Crippen molar-refractivity contribution in [2.24, 2.45) is 5.73 Å². The van der Waals surface area contributed by atoms with Gasteiger partial charge in [0.2, 0.25) is 0 Å². The number of nitrogens with two attached hydrogens (primary N) is 2. The maximum atomic E-state index is 13.6. The Morgan fingerprint density at radius 2 is 2.00 bits per heavy atom. The largest absolute Gasteiger partial charge is 0.488 e. The summed E-state index contributed by atoms with van der Waals surface area (Å²) in [4.78, 5) is 11.3. The fraction of sp³-hybridized carbons (Fsp3) is 0.0714. The molecule has 0 saturated heterocycles. The van der Waals surface area contributed by atoms with E-state index in [9.17, 15) is 9.18 Å². The van der Waals surface area contributed by atoms with E-state index in [-0.39, 0.29) is 17.9 Å². The molecule has 2 aromatic carbocycles. The van der Waals surface area contributed by atoms with Crippen LogP contribution < -0.4 is 16.2 Å². The van der Waals surface area contributed by atoms with E-state index in [1.165, 1.54) is 18.2 Å². The van der Waals surface area contributed by atoms with Gasteiger partial charge in [0.15, 0.2) is 0 Å². The fourth-order valence-corrected chi connectivity index (χ4v) is 2.08. The summed E-state index contributed by atoms with van der Waals surface area (Å²) in [6, 6.07) is 9.03. The van der Waals surface area contributed by atoms with Crippen LogP contribution in [0.2, 0.25) is 0 Å². The summed E-state index contributed by atoms with van der Waals surface area (Å²) < 4.78 is 19.8. The van der Waals surface area contributed by atoms with Gasteiger partial charge in [-0.3, -0.25) is 4.79 Å². The zero-order chi connectivity index (χ0) is 14.7. The molecule has 1 amide bonds. The predicted molar refractivity (Wildman–Crippen MR) is 77.8 cm³/mol. The molecule has 0 aliphatic carbocycles. The van der Waals surface area contributed by atoms with Crippen molar-refractivity contribution in [2.75, 3.05) is 5.73 Å². The van der Waals surface area contributed by atoms with Crippen LogP contribution in [0, 0.1) is 5.82 Å². The highest BCUT2D eigenvalue weighted by Gasteiger charge is 2.11. The molecule has 0 saturated carbocycles. The SMILES string of the molecule is NC(=O)c1ccc(N)cc1OCc1cc(Br)ccc1F. The molecule has 0 fully saturated rings. The van der Waals surface area contributed by atoms with Gasteiger partial charge in [0, 0.05) is 21.8 Å². The fourth-order valence-electron chi connectivity index (χ4n) is 1.67. The lowest BCUT2D eigenvalue weighted by Gasteiger charge is -2.11. The first-order valence-corrected chi connectivity index (χ1v) is 6.52. The summed E-state index contributed by atoms with van der Waals surface area (Å²) in [5.74, 6) is -0.788. The van der Waals surface area contributed by atoms with Crippen LogP contribution in [0.3, 0.4) is 0 Å². The van der Waals surface area contributed by atoms with E-state index in [1.54, 1.807) is 18.2 Å². The zero-order valence-electron chi connectivity index (χ0n) is 10.4. The average Bonchev–Trinajstić information content (AvgIpc) is 2.39. The van der Waals surface area contributed by atoms with E-state index in [4.69, 9.17) is 16.2 Å². The molecule has 104 valence electrons. The summed E-state index contributed by atoms with van der Waals surface area (Å²) in [5.41, 5.74) is 11.9. The molecule has 20 heavy (non-hydrogen) atoms. The van der Waals surface area contributed by atoms with Crippen LogP contribution in [0.1, 0.15) is 15.9 Å². The van der Waals surface area contributed by atoms with E-state index < -0.39 is 11.7 Å². The monoisotopic (exact) mass is 338 g/mol. The Balaban J connectivity index is 2.24. The highest BCUT2D eigenvalue weighted by atomic mass is 79.9. The standard InChI is InChI=1S/C14H12BrFN2O2/c15-9-1-4-12(16)8(5-9)7-20-13-6-10(17)2-3-11(13)14(18)19/h1-6H,7,17H2,(H2,18,19). The van der Waals surface area contributed by atoms with E-state index in [0.717, 1.165) is 4.47 Å². The molecule has 0 heterocycles. The maximum Gasteiger partial charge on any atom is 0.252 e. The Hall–Kier alpha value is -2.08. The third kappa shape index (κ3) is 3.27. The van der Waals surface area contributed by atoms with Gasteiger partial charge in [-0.25, -0.2) is 4.39 Å². The summed E-state index contributed by atoms with van der Waals surface area (Å²) in [6.07, 6.45) is 0. The second-order valence-electron chi connectivity index (χ2n) is 4.14. The van der Waals surface area contributed by atoms with Gasteiger partial charge in [-0.15, -0.1) is 0 Å². The van der Waals surface area contributed by atoms with Gasteiger partial charge >= 0.3 is 0 Å². The Morgan fingerprint density at radius 1 is 1.25 bits per heavy atom. The number of amides is 1. The highest BCUT2D eigenvalue weighted by Crippen LogP contribution is 2.24. The second-order valence-corrected chi connectivity index (χ2v) is 5.06. The van der Waals surface area contributed by atoms with Crippen LogP contribution in [-0.2, 0) is 6.61 Å². The Bertz CT molecular complexity index is 662. The number of carbonyl (C=O) groups is 1. The lowest BCUT2D eigenvalue weighted by Crippen LogP contribution is -2.13. The molecule has 4 nitrogen and oxygen atoms in total. The van der Waals surface area contributed by atoms with Crippen molar-refractivity contribution < 1.29 is 13.9 Å². The van der Waals surface area contributed by atoms with Gasteiger partial charge in [0.1, 0.15) is 18.2 Å². The van der Waals surface area contributed by atoms with Crippen LogP contribution in [0.25, 0.3) is 0 Å². The number of halogens is 2. The molecule has 4 N–H and O–H groups in total. The maximum absolute atomic E-state index is 13.6. The number of ether oxygens (including phenoxy) is 1. The summed E-state index contributed by atoms with van der Waals surface area (Å²) in [6.45, 7) is -0.0327. The van der Waals surface area contributed by atoms with Crippen molar-refractivity contribution in [3.05, 3.63) is 57.8 Å². The van der Waals surface area contributed by atoms with Gasteiger partial charge in [0.25, 0.3) is 5.91 Å². The van der Waals surface area contributed by atoms with Gasteiger partial charge in [-0.2, -0.15) is 0 Å². The van der Waals surface area contributed by atoms with Gasteiger partial charge in [-0.05, 0) is 30.3 Å². The predicted octanol–water partition coefficient (Wildman–Crippen LogP) is 2.85. The van der Waals surface area contributed by atoms with Crippen molar-refractivity contribution in [3.63, 3.8) is 0 Å². The van der Waals surface area contributed by atoms with Crippen LogP contribution >= 0.6 is 15.9 Å². The number of carbonyl (C=O) groups excluding carboxylic acids is 1. The third-order valence-electron chi connectivity index (χ3n) is 2.66. The lowest BCUT2D eigenvalue weighted by atomic mass is 10.1. The van der Waals surface area contributed by atoms with Crippen molar-refractivity contribution in [2.45, 2.75) is 6.61 Å². The van der Waals surface area contributed by atoms with Crippen LogP contribution in [0.5, 0.6) is 5.75 Å². The van der Waals surface area contributed by atoms with Crippen LogP contribution in [0.15, 0.2) is 40.9 Å². The highest BCUT2D eigenvalue weighted by molar-refractivity contribution is 9.10. The first kappa shape index (κ1) is 14.3. The van der Waals surface area contributed by atoms with E-state index in [2.05, 4.69) is 15.9 Å². The molecule has 0 aliphatic rings. The molecule has 0 radical (unpaired) electrons. The van der Waals surface area contributed by atoms with Crippen LogP contribution in [0.4, 0.5) is 10.1 Å². The van der Waals surface area contributed by atoms with E-state index >= 15 is 0 Å². The zero-order valence-corrected chi connectivity index (χ0v) is 12.0. The van der Waals surface area contributed by atoms with Crippen molar-refractivity contribution in [1.29, 1.82) is 0 Å². The van der Waals surface area contributed by atoms with Gasteiger partial charge < -0.3 is 16.2 Å². The third-order valence-corrected chi connectivity index (χ3v) is 3.16. The van der Waals surface area contributed by atoms with Gasteiger partial charge in [0.05, 0.1) is 5.56 Å². The first-order valence-electron chi connectivity index (χ1n) is 5.73. The number of primary amides is 1. The molecule has 0 spiro atoms. The van der Waals surface area contributed by atoms with E-state index in [0.29, 0.717) is 11.3 Å². The first-order chi connectivity index (χ1) is 9.47. The smallest absolute Gasteiger partial charge is 0.252 e. The summed E-state index contributed by atoms with van der Waals surface area (Å²) in [7, 11) is 0. The summed E-state index contributed by atoms with van der Waals surface area (Å²) >= 11 is 3.26. The molecular weight excluding hydrogens is 327 g/mol. The van der Waals surface area contributed by atoms with Crippen molar-refractivity contribution >= 4 is 27.5 Å². The quantitative estimate of drug-likeness (QED) is 0.841. The molecular formula is C14H12BrFN2O2. The Kier molecular flexibility index (Phi) is 4.24. The lowest BCUT2D eigenvalue weighted by molar-refractivity contribution is 0.0996. The number of rotatable bonds is 4. The molecule has 0 bridgehead atoms. The Morgan fingerprint density at radius 3 is 2.70 bits per heavy atom. The Labute approximate surface area is 123 Å². The number of hydrogen-bond donors (Lipinski definition) is 2. The molecule has 0 unspecified atom stereocenters. The number of nitrogen functional groups attached to an aromatic ring is 1. The van der Waals surface area contributed by atoms with Gasteiger partial charge in [-0.1, -0.05) is 15.9 Å². The molecule has 6 heteroatoms. The summed E-state index contributed by atoms with van der Waals surface area (Å²) in [5, 5.41) is 0. The molecule has 0 aliphatic heterocycles. The van der Waals surface area contributed by atoms with E-state index in [1.807, 2.05) is 0 Å². The minimum Gasteiger partial charge on any atom is -0.488 e. The van der Waals surface area contributed by atoms with Crippen LogP contribution in [-0.4, -0.2) is 5.91 Å². The normalized spacial score (nSPS) is 10.3. The number of hydrogen-bond acceptors (Lipinski definition) is 3. The average molecular weight is 339 g/mol. The van der Waals surface area contributed by atoms with Crippen molar-refractivity contribution in [1.82, 2.24) is 0 Å². The number of anilines is 1. The topological polar surface area (TPSA) is 78.3 Å². The molecule has 2 rings (SSSR count). The second kappa shape index (κ2) is 5.92. The minimum absolute atomic E-state index is 0.0327. The molecule has 2 aromatic rings. The minimum atomic E-state index is -0.630. The number of benzene rings is 2. The molecule has 0 aromatic heterocycles. The van der Waals surface area contributed by atoms with Crippen molar-refractivity contribution in [3.8, 4) is 5.75 Å². The molecule has 0 atom stereocenters.